The van der Waals surface area contributed by atoms with Crippen molar-refractivity contribution in [2.45, 2.75) is 89.7 Å². The van der Waals surface area contributed by atoms with E-state index >= 15 is 0 Å². The van der Waals surface area contributed by atoms with Gasteiger partial charge in [0.2, 0.25) is 11.7 Å². The maximum Gasteiger partial charge on any atom is 0.329 e. The molecule has 1 heterocycles. The summed E-state index contributed by atoms with van der Waals surface area (Å²) in [4.78, 5) is 29.1. The summed E-state index contributed by atoms with van der Waals surface area (Å²) in [7, 11) is 4.74. The Morgan fingerprint density at radius 2 is 1.47 bits per heavy atom. The summed E-state index contributed by atoms with van der Waals surface area (Å²) in [6.07, 6.45) is 7.80. The molecule has 0 spiro atoms. The standard InChI is InChI=1S/C27H41NO6/c1-27(2,3)34-26(30)20-14-10-11-15-28(20)25(29)23(18-12-8-7-9-13-18)19-16-21(31-4)24(33-6)22(17-19)32-5/h16-18,20,23H,7-15H2,1-6H3/t20-,23-/m0/s1. The van der Waals surface area contributed by atoms with E-state index in [0.29, 0.717) is 30.2 Å². The maximum atomic E-state index is 14.2. The average Bonchev–Trinajstić information content (AvgIpc) is 2.83. The number of carbonyl (C=O) groups is 2. The highest BCUT2D eigenvalue weighted by molar-refractivity contribution is 5.89. The largest absolute Gasteiger partial charge is 0.493 e. The van der Waals surface area contributed by atoms with Gasteiger partial charge in [0.25, 0.3) is 0 Å². The van der Waals surface area contributed by atoms with E-state index in [0.717, 1.165) is 44.1 Å². The van der Waals surface area contributed by atoms with Crippen LogP contribution in [-0.2, 0) is 14.3 Å². The lowest BCUT2D eigenvalue weighted by molar-refractivity contribution is -0.167. The van der Waals surface area contributed by atoms with Gasteiger partial charge >= 0.3 is 5.97 Å². The monoisotopic (exact) mass is 475 g/mol. The van der Waals surface area contributed by atoms with Crippen LogP contribution in [-0.4, -0.2) is 56.3 Å². The van der Waals surface area contributed by atoms with Crippen molar-refractivity contribution in [3.8, 4) is 17.2 Å². The lowest BCUT2D eigenvalue weighted by Crippen LogP contribution is -2.52. The SMILES string of the molecule is COc1cc([C@@H](C(=O)N2CCCC[C@H]2C(=O)OC(C)(C)C)C2CCCCC2)cc(OC)c1OC. The number of hydrogen-bond acceptors (Lipinski definition) is 6. The topological polar surface area (TPSA) is 74.3 Å². The van der Waals surface area contributed by atoms with Gasteiger partial charge in [-0.25, -0.2) is 4.79 Å². The van der Waals surface area contributed by atoms with Crippen molar-refractivity contribution >= 4 is 11.9 Å². The number of ether oxygens (including phenoxy) is 4. The Labute approximate surface area is 204 Å². The number of likely N-dealkylation sites (tertiary alicyclic amines) is 1. The van der Waals surface area contributed by atoms with E-state index in [9.17, 15) is 9.59 Å². The molecule has 7 nitrogen and oxygen atoms in total. The molecule has 1 aromatic rings. The maximum absolute atomic E-state index is 14.2. The van der Waals surface area contributed by atoms with E-state index < -0.39 is 11.6 Å². The Kier molecular flexibility index (Phi) is 8.72. The molecule has 3 rings (SSSR count). The van der Waals surface area contributed by atoms with Crippen LogP contribution in [0.3, 0.4) is 0 Å². The highest BCUT2D eigenvalue weighted by atomic mass is 16.6. The van der Waals surface area contributed by atoms with Crippen molar-refractivity contribution in [2.24, 2.45) is 5.92 Å². The Bertz CT molecular complexity index is 830. The number of hydrogen-bond donors (Lipinski definition) is 0. The van der Waals surface area contributed by atoms with Crippen LogP contribution in [0.5, 0.6) is 17.2 Å². The number of methoxy groups -OCH3 is 3. The van der Waals surface area contributed by atoms with Crippen molar-refractivity contribution in [2.75, 3.05) is 27.9 Å². The summed E-state index contributed by atoms with van der Waals surface area (Å²) in [6, 6.07) is 3.24. The number of benzene rings is 1. The van der Waals surface area contributed by atoms with Crippen molar-refractivity contribution in [1.29, 1.82) is 0 Å². The molecular formula is C27H41NO6. The van der Waals surface area contributed by atoms with Crippen LogP contribution in [0.15, 0.2) is 12.1 Å². The van der Waals surface area contributed by atoms with Gasteiger partial charge in [-0.1, -0.05) is 19.3 Å². The Hall–Kier alpha value is -2.44. The highest BCUT2D eigenvalue weighted by Crippen LogP contribution is 2.45. The van der Waals surface area contributed by atoms with Crippen LogP contribution in [0.25, 0.3) is 0 Å². The Morgan fingerprint density at radius 1 is 0.882 bits per heavy atom. The van der Waals surface area contributed by atoms with Crippen molar-refractivity contribution in [3.05, 3.63) is 17.7 Å². The molecule has 34 heavy (non-hydrogen) atoms. The molecule has 1 aliphatic heterocycles. The molecule has 1 saturated carbocycles. The zero-order valence-corrected chi connectivity index (χ0v) is 21.6. The van der Waals surface area contributed by atoms with Gasteiger partial charge in [0, 0.05) is 6.54 Å². The molecule has 0 bridgehead atoms. The second kappa shape index (κ2) is 11.3. The molecule has 1 aromatic carbocycles. The molecule has 0 aromatic heterocycles. The first kappa shape index (κ1) is 26.2. The molecule has 2 atom stereocenters. The van der Waals surface area contributed by atoms with Crippen LogP contribution in [0.4, 0.5) is 0 Å². The summed E-state index contributed by atoms with van der Waals surface area (Å²) in [5.41, 5.74) is 0.253. The zero-order valence-electron chi connectivity index (χ0n) is 21.6. The molecule has 0 unspecified atom stereocenters. The van der Waals surface area contributed by atoms with Gasteiger partial charge in [0.05, 0.1) is 27.2 Å². The van der Waals surface area contributed by atoms with Crippen LogP contribution in [0.2, 0.25) is 0 Å². The quantitative estimate of drug-likeness (QED) is 0.511. The first-order chi connectivity index (χ1) is 16.2. The molecule has 1 aliphatic carbocycles. The van der Waals surface area contributed by atoms with Crippen LogP contribution < -0.4 is 14.2 Å². The number of rotatable bonds is 7. The summed E-state index contributed by atoms with van der Waals surface area (Å²) in [5, 5.41) is 0. The molecule has 0 radical (unpaired) electrons. The molecule has 2 aliphatic rings. The van der Waals surface area contributed by atoms with Crippen LogP contribution >= 0.6 is 0 Å². The normalized spacial score (nSPS) is 20.4. The summed E-state index contributed by atoms with van der Waals surface area (Å²) in [6.45, 7) is 6.15. The minimum Gasteiger partial charge on any atom is -0.493 e. The van der Waals surface area contributed by atoms with E-state index in [4.69, 9.17) is 18.9 Å². The molecule has 0 N–H and O–H groups in total. The second-order valence-electron chi connectivity index (χ2n) is 10.4. The van der Waals surface area contributed by atoms with Gasteiger partial charge in [-0.05, 0) is 76.5 Å². The van der Waals surface area contributed by atoms with Crippen molar-refractivity contribution < 1.29 is 28.5 Å². The predicted octanol–water partition coefficient (Wildman–Crippen LogP) is 5.10. The predicted molar refractivity (Wildman–Crippen MR) is 131 cm³/mol. The molecule has 2 fully saturated rings. The summed E-state index contributed by atoms with van der Waals surface area (Å²) < 4.78 is 22.4. The van der Waals surface area contributed by atoms with Gasteiger partial charge in [-0.15, -0.1) is 0 Å². The molecule has 190 valence electrons. The molecule has 7 heteroatoms. The Balaban J connectivity index is 2.02. The number of nitrogens with zero attached hydrogens (tertiary/aromatic N) is 1. The second-order valence-corrected chi connectivity index (χ2v) is 10.4. The number of amides is 1. The third kappa shape index (κ3) is 5.97. The third-order valence-corrected chi connectivity index (χ3v) is 6.90. The van der Waals surface area contributed by atoms with Gasteiger partial charge in [-0.2, -0.15) is 0 Å². The van der Waals surface area contributed by atoms with Crippen LogP contribution in [0.1, 0.15) is 83.6 Å². The van der Waals surface area contributed by atoms with E-state index in [1.54, 1.807) is 26.2 Å². The molecule has 1 saturated heterocycles. The lowest BCUT2D eigenvalue weighted by atomic mass is 9.75. The summed E-state index contributed by atoms with van der Waals surface area (Å²) in [5.74, 6) is 1.08. The fourth-order valence-corrected chi connectivity index (χ4v) is 5.35. The number of esters is 1. The van der Waals surface area contributed by atoms with Gasteiger partial charge in [-0.3, -0.25) is 4.79 Å². The third-order valence-electron chi connectivity index (χ3n) is 6.90. The average molecular weight is 476 g/mol. The number of piperidine rings is 1. The van der Waals surface area contributed by atoms with Gasteiger partial charge in [0.15, 0.2) is 11.5 Å². The lowest BCUT2D eigenvalue weighted by Gasteiger charge is -2.40. The van der Waals surface area contributed by atoms with E-state index in [1.165, 1.54) is 6.42 Å². The highest BCUT2D eigenvalue weighted by Gasteiger charge is 2.41. The first-order valence-electron chi connectivity index (χ1n) is 12.5. The minimum atomic E-state index is -0.595. The van der Waals surface area contributed by atoms with Crippen molar-refractivity contribution in [1.82, 2.24) is 4.90 Å². The van der Waals surface area contributed by atoms with E-state index in [-0.39, 0.29) is 23.7 Å². The summed E-state index contributed by atoms with van der Waals surface area (Å²) >= 11 is 0. The Morgan fingerprint density at radius 3 is 2.00 bits per heavy atom. The molecule has 1 amide bonds. The fourth-order valence-electron chi connectivity index (χ4n) is 5.35. The van der Waals surface area contributed by atoms with Gasteiger partial charge < -0.3 is 23.8 Å². The molecular weight excluding hydrogens is 434 g/mol. The minimum absolute atomic E-state index is 0.00303. The fraction of sp³-hybridized carbons (Fsp3) is 0.704. The van der Waals surface area contributed by atoms with E-state index in [2.05, 4.69) is 0 Å². The number of carbonyl (C=O) groups excluding carboxylic acids is 2. The first-order valence-corrected chi connectivity index (χ1v) is 12.5. The van der Waals surface area contributed by atoms with Gasteiger partial charge in [0.1, 0.15) is 11.6 Å². The smallest absolute Gasteiger partial charge is 0.329 e. The van der Waals surface area contributed by atoms with Crippen LogP contribution in [0, 0.1) is 5.92 Å². The zero-order chi connectivity index (χ0) is 24.9. The van der Waals surface area contributed by atoms with Crippen molar-refractivity contribution in [3.63, 3.8) is 0 Å². The van der Waals surface area contributed by atoms with E-state index in [1.807, 2.05) is 32.9 Å².